The quantitative estimate of drug-likeness (QED) is 0.742. The summed E-state index contributed by atoms with van der Waals surface area (Å²) in [6, 6.07) is 5.37. The first kappa shape index (κ1) is 18.6. The number of alkyl halides is 3. The minimum absolute atomic E-state index is 0.0297. The van der Waals surface area contributed by atoms with Gasteiger partial charge in [0, 0.05) is 0 Å². The number of aliphatic imine (C=N–C) groups is 1. The molecule has 1 aliphatic heterocycles. The third-order valence-corrected chi connectivity index (χ3v) is 4.23. The Balaban J connectivity index is 1.92. The van der Waals surface area contributed by atoms with Crippen LogP contribution in [0.5, 0.6) is 5.88 Å². The van der Waals surface area contributed by atoms with Gasteiger partial charge in [-0.1, -0.05) is 6.07 Å². The molecule has 1 aromatic carbocycles. The highest BCUT2D eigenvalue weighted by Gasteiger charge is 2.34. The lowest BCUT2D eigenvalue weighted by molar-refractivity contribution is -0.140. The fourth-order valence-corrected chi connectivity index (χ4v) is 2.75. The molecule has 1 N–H and O–H groups in total. The number of benzene rings is 1. The van der Waals surface area contributed by atoms with Gasteiger partial charge in [0.1, 0.15) is 24.2 Å². The van der Waals surface area contributed by atoms with Gasteiger partial charge in [0.2, 0.25) is 5.88 Å². The second-order valence-corrected chi connectivity index (χ2v) is 6.19. The van der Waals surface area contributed by atoms with Gasteiger partial charge in [-0.25, -0.2) is 14.9 Å². The summed E-state index contributed by atoms with van der Waals surface area (Å²) in [5.41, 5.74) is 1.95. The van der Waals surface area contributed by atoms with Gasteiger partial charge in [-0.15, -0.1) is 0 Å². The minimum Gasteiger partial charge on any atom is -0.480 e. The van der Waals surface area contributed by atoms with Gasteiger partial charge in [0.25, 0.3) is 0 Å². The Morgan fingerprint density at radius 3 is 2.69 bits per heavy atom. The van der Waals surface area contributed by atoms with E-state index in [1.807, 2.05) is 0 Å². The molecule has 5 nitrogen and oxygen atoms in total. The lowest BCUT2D eigenvalue weighted by Gasteiger charge is -2.22. The number of hydroxylamine groups is 1. The summed E-state index contributed by atoms with van der Waals surface area (Å²) in [6.45, 7) is 0.0297. The fraction of sp³-hybridized carbons (Fsp3) is 0.250. The lowest BCUT2D eigenvalue weighted by Crippen LogP contribution is -2.33. The van der Waals surface area contributed by atoms with Crippen LogP contribution in [0.1, 0.15) is 22.9 Å². The molecule has 26 heavy (non-hydrogen) atoms. The number of nitrogens with zero attached hydrogens (tertiary/aromatic N) is 2. The molecule has 10 heteroatoms. The lowest BCUT2D eigenvalue weighted by atomic mass is 10.0. The average molecular weight is 434 g/mol. The number of aromatic nitrogens is 1. The molecule has 0 saturated carbocycles. The molecule has 0 saturated heterocycles. The summed E-state index contributed by atoms with van der Waals surface area (Å²) in [7, 11) is 1.46. The van der Waals surface area contributed by atoms with E-state index in [9.17, 15) is 17.6 Å². The van der Waals surface area contributed by atoms with Crippen LogP contribution in [-0.2, 0) is 11.0 Å². The maximum absolute atomic E-state index is 13.8. The van der Waals surface area contributed by atoms with Crippen LogP contribution in [-0.4, -0.2) is 24.5 Å². The highest BCUT2D eigenvalue weighted by Crippen LogP contribution is 2.33. The van der Waals surface area contributed by atoms with E-state index < -0.39 is 23.6 Å². The Bertz CT molecular complexity index is 858. The molecule has 1 aromatic heterocycles. The molecule has 0 aliphatic carbocycles. The zero-order chi connectivity index (χ0) is 18.9. The molecule has 138 valence electrons. The third kappa shape index (κ3) is 3.80. The Hall–Kier alpha value is -2.20. The summed E-state index contributed by atoms with van der Waals surface area (Å²) >= 11 is 3.28. The smallest absolute Gasteiger partial charge is 0.419 e. The van der Waals surface area contributed by atoms with Gasteiger partial charge < -0.3 is 4.74 Å². The van der Waals surface area contributed by atoms with Crippen molar-refractivity contribution in [2.45, 2.75) is 12.2 Å². The van der Waals surface area contributed by atoms with Crippen LogP contribution < -0.4 is 10.2 Å². The van der Waals surface area contributed by atoms with Crippen molar-refractivity contribution < 1.29 is 27.1 Å². The molecule has 0 spiro atoms. The first-order chi connectivity index (χ1) is 12.3. The van der Waals surface area contributed by atoms with E-state index in [-0.39, 0.29) is 18.0 Å². The molecule has 2 aromatic rings. The van der Waals surface area contributed by atoms with Gasteiger partial charge >= 0.3 is 6.18 Å². The molecule has 1 atom stereocenters. The van der Waals surface area contributed by atoms with Crippen molar-refractivity contribution in [3.05, 3.63) is 57.4 Å². The number of methoxy groups -OCH3 is 1. The molecule has 0 fully saturated rings. The van der Waals surface area contributed by atoms with Crippen molar-refractivity contribution in [1.82, 2.24) is 10.5 Å². The van der Waals surface area contributed by atoms with E-state index in [4.69, 9.17) is 9.57 Å². The number of nitrogens with one attached hydrogen (secondary N) is 1. The molecule has 0 amide bonds. The zero-order valence-corrected chi connectivity index (χ0v) is 14.9. The summed E-state index contributed by atoms with van der Waals surface area (Å²) in [5.74, 6) is -0.768. The van der Waals surface area contributed by atoms with E-state index in [2.05, 4.69) is 31.4 Å². The molecule has 2 heterocycles. The highest BCUT2D eigenvalue weighted by molar-refractivity contribution is 9.10. The van der Waals surface area contributed by atoms with E-state index in [1.165, 1.54) is 13.2 Å². The molecule has 0 bridgehead atoms. The summed E-state index contributed by atoms with van der Waals surface area (Å²) in [5, 5.41) is 0. The van der Waals surface area contributed by atoms with Crippen molar-refractivity contribution in [2.24, 2.45) is 4.99 Å². The van der Waals surface area contributed by atoms with E-state index >= 15 is 0 Å². The second-order valence-electron chi connectivity index (χ2n) is 5.33. The topological polar surface area (TPSA) is 55.7 Å². The minimum atomic E-state index is -4.75. The van der Waals surface area contributed by atoms with Crippen LogP contribution in [0.3, 0.4) is 0 Å². The van der Waals surface area contributed by atoms with E-state index in [1.54, 1.807) is 12.1 Å². The maximum Gasteiger partial charge on any atom is 0.419 e. The maximum atomic E-state index is 13.8. The Morgan fingerprint density at radius 1 is 1.27 bits per heavy atom. The number of hydrogen-bond acceptors (Lipinski definition) is 5. The number of halogens is 5. The first-order valence-corrected chi connectivity index (χ1v) is 8.12. The van der Waals surface area contributed by atoms with Gasteiger partial charge in [-0.3, -0.25) is 9.83 Å². The van der Waals surface area contributed by atoms with Crippen molar-refractivity contribution in [1.29, 1.82) is 0 Å². The molecule has 1 aliphatic rings. The van der Waals surface area contributed by atoms with Crippen LogP contribution in [0.4, 0.5) is 17.6 Å². The Morgan fingerprint density at radius 2 is 2.04 bits per heavy atom. The van der Waals surface area contributed by atoms with Crippen LogP contribution in [0.25, 0.3) is 0 Å². The Labute approximate surface area is 154 Å². The van der Waals surface area contributed by atoms with Crippen molar-refractivity contribution in [2.75, 3.05) is 13.7 Å². The van der Waals surface area contributed by atoms with Crippen LogP contribution in [0.2, 0.25) is 0 Å². The molecule has 3 rings (SSSR count). The predicted octanol–water partition coefficient (Wildman–Crippen LogP) is 4.03. The number of amidine groups is 1. The standard InChI is InChI=1S/C16H12BrF4N3O2/c1-25-15-10(17)4-5-12(23-15)14-22-13(7-26-24-14)8-2-3-9(11(18)6-8)16(19,20)21/h2-6,13H,7H2,1H3,(H,22,24). The summed E-state index contributed by atoms with van der Waals surface area (Å²) in [6.07, 6.45) is -4.75. The normalized spacial score (nSPS) is 17.5. The molecular weight excluding hydrogens is 422 g/mol. The monoisotopic (exact) mass is 433 g/mol. The number of pyridine rings is 1. The number of ether oxygens (including phenoxy) is 1. The molecular formula is C16H12BrF4N3O2. The van der Waals surface area contributed by atoms with Gasteiger partial charge in [-0.05, 0) is 45.8 Å². The Kier molecular flexibility index (Phi) is 5.15. The predicted molar refractivity (Wildman–Crippen MR) is 88.3 cm³/mol. The van der Waals surface area contributed by atoms with Gasteiger partial charge in [0.15, 0.2) is 5.84 Å². The summed E-state index contributed by atoms with van der Waals surface area (Å²) < 4.78 is 57.6. The first-order valence-electron chi connectivity index (χ1n) is 7.32. The fourth-order valence-electron chi connectivity index (χ4n) is 2.36. The van der Waals surface area contributed by atoms with E-state index in [0.29, 0.717) is 22.1 Å². The second kappa shape index (κ2) is 7.20. The molecule has 1 unspecified atom stereocenters. The zero-order valence-electron chi connectivity index (χ0n) is 13.3. The van der Waals surface area contributed by atoms with Crippen LogP contribution in [0.15, 0.2) is 39.8 Å². The van der Waals surface area contributed by atoms with Gasteiger partial charge in [0.05, 0.1) is 17.1 Å². The van der Waals surface area contributed by atoms with Crippen LogP contribution in [0, 0.1) is 5.82 Å². The largest absolute Gasteiger partial charge is 0.480 e. The van der Waals surface area contributed by atoms with Crippen molar-refractivity contribution in [3.63, 3.8) is 0 Å². The average Bonchev–Trinajstić information content (AvgIpc) is 2.61. The number of hydrogen-bond donors (Lipinski definition) is 1. The molecule has 0 radical (unpaired) electrons. The number of rotatable bonds is 3. The summed E-state index contributed by atoms with van der Waals surface area (Å²) in [4.78, 5) is 13.8. The van der Waals surface area contributed by atoms with Crippen molar-refractivity contribution >= 4 is 21.8 Å². The van der Waals surface area contributed by atoms with Crippen LogP contribution >= 0.6 is 15.9 Å². The van der Waals surface area contributed by atoms with Gasteiger partial charge in [-0.2, -0.15) is 13.2 Å². The third-order valence-electron chi connectivity index (χ3n) is 3.63. The van der Waals surface area contributed by atoms with E-state index in [0.717, 1.165) is 6.07 Å². The van der Waals surface area contributed by atoms with Crippen molar-refractivity contribution in [3.8, 4) is 5.88 Å². The SMILES string of the molecule is COc1nc(C2=NC(c3ccc(C(F)(F)F)c(F)c3)CON2)ccc1Br. The highest BCUT2D eigenvalue weighted by atomic mass is 79.9.